The summed E-state index contributed by atoms with van der Waals surface area (Å²) in [5, 5.41) is 5.13. The molecule has 0 saturated carbocycles. The third kappa shape index (κ3) is 5.33. The van der Waals surface area contributed by atoms with Gasteiger partial charge in [-0.15, -0.1) is 11.3 Å². The first-order valence-corrected chi connectivity index (χ1v) is 7.18. The van der Waals surface area contributed by atoms with Crippen molar-refractivity contribution in [2.75, 3.05) is 6.54 Å². The highest BCUT2D eigenvalue weighted by Gasteiger charge is 2.12. The summed E-state index contributed by atoms with van der Waals surface area (Å²) in [4.78, 5) is 13.0. The smallest absolute Gasteiger partial charge is 0.220 e. The largest absolute Gasteiger partial charge is 0.348 e. The average molecular weight is 254 g/mol. The lowest BCUT2D eigenvalue weighted by molar-refractivity contribution is -0.122. The Morgan fingerprint density at radius 1 is 1.47 bits per heavy atom. The van der Waals surface area contributed by atoms with Gasteiger partial charge in [-0.1, -0.05) is 19.4 Å². The molecule has 0 fully saturated rings. The summed E-state index contributed by atoms with van der Waals surface area (Å²) in [5.41, 5.74) is 5.41. The molecule has 1 aromatic rings. The Labute approximate surface area is 107 Å². The van der Waals surface area contributed by atoms with E-state index in [4.69, 9.17) is 5.73 Å². The van der Waals surface area contributed by atoms with Gasteiger partial charge in [0.25, 0.3) is 0 Å². The van der Waals surface area contributed by atoms with Gasteiger partial charge >= 0.3 is 0 Å². The number of nitrogens with two attached hydrogens (primary N) is 1. The first-order chi connectivity index (χ1) is 8.27. The van der Waals surface area contributed by atoms with Crippen LogP contribution >= 0.6 is 11.3 Å². The van der Waals surface area contributed by atoms with Gasteiger partial charge in [0.15, 0.2) is 0 Å². The van der Waals surface area contributed by atoms with E-state index in [0.717, 1.165) is 25.7 Å². The maximum absolute atomic E-state index is 11.7. The molecule has 0 aliphatic heterocycles. The number of unbranched alkanes of at least 4 members (excludes halogenated alkanes) is 2. The summed E-state index contributed by atoms with van der Waals surface area (Å²) < 4.78 is 0. The van der Waals surface area contributed by atoms with Crippen molar-refractivity contribution in [3.63, 3.8) is 0 Å². The standard InChI is InChI=1S/C13H22N2OS/c1-2-11(12-7-6-10-17-12)15-13(16)8-4-3-5-9-14/h6-7,10-11H,2-5,8-9,14H2,1H3,(H,15,16). The van der Waals surface area contributed by atoms with Crippen molar-refractivity contribution < 1.29 is 4.79 Å². The molecular formula is C13H22N2OS. The predicted octanol–water partition coefficient (Wildman–Crippen LogP) is 2.83. The molecule has 17 heavy (non-hydrogen) atoms. The lowest BCUT2D eigenvalue weighted by Crippen LogP contribution is -2.27. The molecule has 1 aromatic heterocycles. The lowest BCUT2D eigenvalue weighted by Gasteiger charge is -2.15. The summed E-state index contributed by atoms with van der Waals surface area (Å²) >= 11 is 1.70. The number of carbonyl (C=O) groups is 1. The fraction of sp³-hybridized carbons (Fsp3) is 0.615. The molecule has 0 spiro atoms. The van der Waals surface area contributed by atoms with Crippen LogP contribution in [0.15, 0.2) is 17.5 Å². The Kier molecular flexibility index (Phi) is 6.89. The van der Waals surface area contributed by atoms with Crippen molar-refractivity contribution in [2.45, 2.75) is 45.1 Å². The maximum atomic E-state index is 11.7. The lowest BCUT2D eigenvalue weighted by atomic mass is 10.1. The van der Waals surface area contributed by atoms with Gasteiger partial charge in [0.2, 0.25) is 5.91 Å². The van der Waals surface area contributed by atoms with E-state index in [1.165, 1.54) is 4.88 Å². The minimum absolute atomic E-state index is 0.155. The molecule has 0 radical (unpaired) electrons. The van der Waals surface area contributed by atoms with Crippen molar-refractivity contribution >= 4 is 17.2 Å². The van der Waals surface area contributed by atoms with E-state index in [1.807, 2.05) is 11.4 Å². The van der Waals surface area contributed by atoms with Crippen LogP contribution in [0.3, 0.4) is 0 Å². The number of thiophene rings is 1. The molecule has 3 N–H and O–H groups in total. The van der Waals surface area contributed by atoms with Crippen LogP contribution in [-0.2, 0) is 4.79 Å². The van der Waals surface area contributed by atoms with Gasteiger partial charge in [0.1, 0.15) is 0 Å². The molecule has 0 saturated heterocycles. The first kappa shape index (κ1) is 14.2. The number of nitrogens with one attached hydrogen (secondary N) is 1. The van der Waals surface area contributed by atoms with Crippen LogP contribution < -0.4 is 11.1 Å². The zero-order valence-electron chi connectivity index (χ0n) is 10.4. The Balaban J connectivity index is 2.28. The van der Waals surface area contributed by atoms with Gasteiger partial charge < -0.3 is 11.1 Å². The summed E-state index contributed by atoms with van der Waals surface area (Å²) in [6.45, 7) is 2.81. The van der Waals surface area contributed by atoms with Crippen LogP contribution in [0.1, 0.15) is 49.9 Å². The first-order valence-electron chi connectivity index (χ1n) is 6.30. The number of hydrogen-bond acceptors (Lipinski definition) is 3. The number of rotatable bonds is 8. The number of carbonyl (C=O) groups excluding carboxylic acids is 1. The summed E-state index contributed by atoms with van der Waals surface area (Å²) in [6.07, 6.45) is 4.54. The molecule has 4 heteroatoms. The third-order valence-electron chi connectivity index (χ3n) is 2.74. The molecule has 3 nitrogen and oxygen atoms in total. The monoisotopic (exact) mass is 254 g/mol. The molecule has 96 valence electrons. The molecule has 0 aromatic carbocycles. The van der Waals surface area contributed by atoms with Crippen molar-refractivity contribution in [3.05, 3.63) is 22.4 Å². The molecule has 0 aliphatic rings. The predicted molar refractivity (Wildman–Crippen MR) is 73.0 cm³/mol. The molecule has 1 atom stereocenters. The normalized spacial score (nSPS) is 12.4. The molecule has 1 rings (SSSR count). The maximum Gasteiger partial charge on any atom is 0.220 e. The van der Waals surface area contributed by atoms with E-state index in [2.05, 4.69) is 18.3 Å². The van der Waals surface area contributed by atoms with Gasteiger partial charge in [0.05, 0.1) is 6.04 Å². The highest BCUT2D eigenvalue weighted by atomic mass is 32.1. The van der Waals surface area contributed by atoms with Gasteiger partial charge in [-0.3, -0.25) is 4.79 Å². The van der Waals surface area contributed by atoms with Gasteiger partial charge in [-0.25, -0.2) is 0 Å². The molecule has 1 amide bonds. The quantitative estimate of drug-likeness (QED) is 0.701. The Morgan fingerprint density at radius 3 is 2.88 bits per heavy atom. The minimum Gasteiger partial charge on any atom is -0.348 e. The fourth-order valence-corrected chi connectivity index (χ4v) is 2.60. The molecule has 1 heterocycles. The van der Waals surface area contributed by atoms with Gasteiger partial charge in [-0.05, 0) is 37.3 Å². The minimum atomic E-state index is 0.155. The van der Waals surface area contributed by atoms with Gasteiger partial charge in [-0.2, -0.15) is 0 Å². The van der Waals surface area contributed by atoms with Gasteiger partial charge in [0, 0.05) is 11.3 Å². The van der Waals surface area contributed by atoms with E-state index in [-0.39, 0.29) is 11.9 Å². The van der Waals surface area contributed by atoms with Crippen LogP contribution in [-0.4, -0.2) is 12.5 Å². The van der Waals surface area contributed by atoms with Crippen molar-refractivity contribution in [2.24, 2.45) is 5.73 Å². The highest BCUT2D eigenvalue weighted by molar-refractivity contribution is 7.10. The highest BCUT2D eigenvalue weighted by Crippen LogP contribution is 2.21. The Hall–Kier alpha value is -0.870. The van der Waals surface area contributed by atoms with E-state index in [9.17, 15) is 4.79 Å². The van der Waals surface area contributed by atoms with Crippen LogP contribution in [0, 0.1) is 0 Å². The molecule has 1 unspecified atom stereocenters. The second-order valence-electron chi connectivity index (χ2n) is 4.14. The van der Waals surface area contributed by atoms with Crippen LogP contribution in [0.5, 0.6) is 0 Å². The summed E-state index contributed by atoms with van der Waals surface area (Å²) in [7, 11) is 0. The Bertz CT molecular complexity index is 311. The molecule has 0 bridgehead atoms. The van der Waals surface area contributed by atoms with E-state index in [1.54, 1.807) is 11.3 Å². The van der Waals surface area contributed by atoms with Crippen molar-refractivity contribution in [1.29, 1.82) is 0 Å². The van der Waals surface area contributed by atoms with Crippen molar-refractivity contribution in [1.82, 2.24) is 5.32 Å². The SMILES string of the molecule is CCC(NC(=O)CCCCCN)c1cccs1. The van der Waals surface area contributed by atoms with E-state index in [0.29, 0.717) is 13.0 Å². The zero-order valence-corrected chi connectivity index (χ0v) is 11.3. The van der Waals surface area contributed by atoms with E-state index >= 15 is 0 Å². The zero-order chi connectivity index (χ0) is 12.5. The topological polar surface area (TPSA) is 55.1 Å². The van der Waals surface area contributed by atoms with Crippen LogP contribution in [0.25, 0.3) is 0 Å². The second kappa shape index (κ2) is 8.25. The Morgan fingerprint density at radius 2 is 2.29 bits per heavy atom. The third-order valence-corrected chi connectivity index (χ3v) is 3.72. The summed E-state index contributed by atoms with van der Waals surface area (Å²) in [5.74, 6) is 0.155. The summed E-state index contributed by atoms with van der Waals surface area (Å²) in [6, 6.07) is 4.28. The number of hydrogen-bond donors (Lipinski definition) is 2. The van der Waals surface area contributed by atoms with E-state index < -0.39 is 0 Å². The van der Waals surface area contributed by atoms with Crippen LogP contribution in [0.2, 0.25) is 0 Å². The molecular weight excluding hydrogens is 232 g/mol. The van der Waals surface area contributed by atoms with Crippen molar-refractivity contribution in [3.8, 4) is 0 Å². The van der Waals surface area contributed by atoms with Crippen LogP contribution in [0.4, 0.5) is 0 Å². The molecule has 0 aliphatic carbocycles. The number of amides is 1. The fourth-order valence-electron chi connectivity index (χ4n) is 1.74. The second-order valence-corrected chi connectivity index (χ2v) is 5.12. The average Bonchev–Trinajstić information content (AvgIpc) is 2.85.